The summed E-state index contributed by atoms with van der Waals surface area (Å²) in [5, 5.41) is 23.2. The van der Waals surface area contributed by atoms with Crippen LogP contribution in [0.4, 0.5) is 0 Å². The number of aliphatic hydroxyl groups is 2. The third-order valence-electron chi connectivity index (χ3n) is 13.4. The SMILES string of the molecule is CCCCCCCCCCCCCCCCCCCCCC/C=C/CC/C=C/C(O)C(CO)NC(=O)CCCCCCCCCCCCCCCCCCCCCCCCCC. The minimum atomic E-state index is -0.860. The third-order valence-corrected chi connectivity index (χ3v) is 13.4. The molecule has 0 aliphatic rings. The van der Waals surface area contributed by atoms with Crippen molar-refractivity contribution in [2.24, 2.45) is 0 Å². The van der Waals surface area contributed by atoms with Gasteiger partial charge in [0.2, 0.25) is 5.91 Å². The maximum Gasteiger partial charge on any atom is 0.220 e. The van der Waals surface area contributed by atoms with Gasteiger partial charge in [-0.05, 0) is 32.1 Å². The van der Waals surface area contributed by atoms with Crippen LogP contribution in [-0.4, -0.2) is 34.9 Å². The Labute approximate surface area is 389 Å². The lowest BCUT2D eigenvalue weighted by Gasteiger charge is -2.19. The summed E-state index contributed by atoms with van der Waals surface area (Å²) in [6, 6.07) is -0.636. The summed E-state index contributed by atoms with van der Waals surface area (Å²) >= 11 is 0. The lowest BCUT2D eigenvalue weighted by molar-refractivity contribution is -0.123. The van der Waals surface area contributed by atoms with Crippen LogP contribution < -0.4 is 5.32 Å². The molecule has 2 unspecified atom stereocenters. The molecule has 0 fully saturated rings. The minimum absolute atomic E-state index is 0.0664. The molecule has 3 N–H and O–H groups in total. The highest BCUT2D eigenvalue weighted by Crippen LogP contribution is 2.18. The van der Waals surface area contributed by atoms with E-state index in [0.717, 1.165) is 32.1 Å². The van der Waals surface area contributed by atoms with E-state index < -0.39 is 12.1 Å². The smallest absolute Gasteiger partial charge is 0.220 e. The van der Waals surface area contributed by atoms with Gasteiger partial charge in [0, 0.05) is 6.42 Å². The van der Waals surface area contributed by atoms with Gasteiger partial charge in [0.05, 0.1) is 18.8 Å². The Morgan fingerprint density at radius 2 is 0.629 bits per heavy atom. The van der Waals surface area contributed by atoms with Crippen LogP contribution >= 0.6 is 0 Å². The Morgan fingerprint density at radius 3 is 0.935 bits per heavy atom. The number of unbranched alkanes of at least 4 members (excludes halogenated alkanes) is 44. The van der Waals surface area contributed by atoms with Crippen molar-refractivity contribution in [1.29, 1.82) is 0 Å². The second-order valence-corrected chi connectivity index (χ2v) is 19.7. The van der Waals surface area contributed by atoms with E-state index >= 15 is 0 Å². The molecular weight excluding hydrogens is 759 g/mol. The summed E-state index contributed by atoms with van der Waals surface area (Å²) < 4.78 is 0. The number of nitrogens with one attached hydrogen (secondary N) is 1. The maximum absolute atomic E-state index is 12.5. The number of carbonyl (C=O) groups is 1. The van der Waals surface area contributed by atoms with Crippen LogP contribution in [0.1, 0.15) is 322 Å². The maximum atomic E-state index is 12.5. The average Bonchev–Trinajstić information content (AvgIpc) is 3.28. The van der Waals surface area contributed by atoms with E-state index in [9.17, 15) is 15.0 Å². The highest BCUT2D eigenvalue weighted by Gasteiger charge is 2.18. The fraction of sp³-hybridized carbons (Fsp3) is 0.914. The first-order valence-electron chi connectivity index (χ1n) is 28.6. The van der Waals surface area contributed by atoms with Crippen LogP contribution in [0.25, 0.3) is 0 Å². The standard InChI is InChI=1S/C58H113NO3/c1-3-5-7-9-11-13-15-17-19-21-23-25-27-29-30-31-33-35-37-39-41-43-45-47-49-51-53-57(61)56(55-60)59-58(62)54-52-50-48-46-44-42-40-38-36-34-32-28-26-24-22-20-18-16-14-12-10-8-6-4-2/h43,45,51,53,56-57,60-61H,3-42,44,46-50,52,54-55H2,1-2H3,(H,59,62)/b45-43+,53-51+. The van der Waals surface area contributed by atoms with E-state index in [0.29, 0.717) is 6.42 Å². The molecule has 368 valence electrons. The van der Waals surface area contributed by atoms with Crippen molar-refractivity contribution in [2.45, 2.75) is 334 Å². The monoisotopic (exact) mass is 872 g/mol. The number of aliphatic hydroxyl groups excluding tert-OH is 2. The Balaban J connectivity index is 3.49. The Kier molecular flexibility index (Phi) is 53.2. The number of allylic oxidation sites excluding steroid dienone is 3. The third kappa shape index (κ3) is 49.9. The second kappa shape index (κ2) is 54.2. The van der Waals surface area contributed by atoms with Crippen LogP contribution in [0.15, 0.2) is 24.3 Å². The van der Waals surface area contributed by atoms with Gasteiger partial charge in [0.25, 0.3) is 0 Å². The van der Waals surface area contributed by atoms with Gasteiger partial charge in [-0.3, -0.25) is 4.79 Å². The molecule has 0 bridgehead atoms. The Morgan fingerprint density at radius 1 is 0.371 bits per heavy atom. The fourth-order valence-corrected chi connectivity index (χ4v) is 9.08. The quantitative estimate of drug-likeness (QED) is 0.0421. The fourth-order valence-electron chi connectivity index (χ4n) is 9.08. The summed E-state index contributed by atoms with van der Waals surface area (Å²) in [6.07, 6.45) is 72.1. The molecule has 0 aromatic heterocycles. The molecule has 2 atom stereocenters. The lowest BCUT2D eigenvalue weighted by Crippen LogP contribution is -2.45. The predicted molar refractivity (Wildman–Crippen MR) is 276 cm³/mol. The molecular formula is C58H113NO3. The number of carbonyl (C=O) groups excluding carboxylic acids is 1. The second-order valence-electron chi connectivity index (χ2n) is 19.7. The summed E-state index contributed by atoms with van der Waals surface area (Å²) in [4.78, 5) is 12.5. The van der Waals surface area contributed by atoms with Crippen molar-refractivity contribution in [3.63, 3.8) is 0 Å². The average molecular weight is 873 g/mol. The van der Waals surface area contributed by atoms with Crippen molar-refractivity contribution in [2.75, 3.05) is 6.61 Å². The molecule has 0 aliphatic heterocycles. The molecule has 0 spiro atoms. The van der Waals surface area contributed by atoms with Gasteiger partial charge in [-0.1, -0.05) is 308 Å². The van der Waals surface area contributed by atoms with Crippen molar-refractivity contribution in [3.8, 4) is 0 Å². The zero-order valence-electron chi connectivity index (χ0n) is 42.4. The van der Waals surface area contributed by atoms with Crippen molar-refractivity contribution in [3.05, 3.63) is 24.3 Å². The molecule has 0 radical (unpaired) electrons. The first-order valence-corrected chi connectivity index (χ1v) is 28.6. The van der Waals surface area contributed by atoms with Crippen molar-refractivity contribution < 1.29 is 15.0 Å². The molecule has 0 aromatic rings. The zero-order valence-corrected chi connectivity index (χ0v) is 42.4. The first-order chi connectivity index (χ1) is 30.7. The highest BCUT2D eigenvalue weighted by molar-refractivity contribution is 5.76. The highest BCUT2D eigenvalue weighted by atomic mass is 16.3. The normalized spacial score (nSPS) is 12.9. The van der Waals surface area contributed by atoms with E-state index in [1.54, 1.807) is 6.08 Å². The lowest BCUT2D eigenvalue weighted by atomic mass is 10.0. The van der Waals surface area contributed by atoms with E-state index in [1.165, 1.54) is 270 Å². The molecule has 0 rings (SSSR count). The van der Waals surface area contributed by atoms with E-state index in [4.69, 9.17) is 0 Å². The topological polar surface area (TPSA) is 69.6 Å². The van der Waals surface area contributed by atoms with Crippen molar-refractivity contribution in [1.82, 2.24) is 5.32 Å². The number of hydrogen-bond donors (Lipinski definition) is 3. The molecule has 1 amide bonds. The largest absolute Gasteiger partial charge is 0.394 e. The molecule has 4 heteroatoms. The van der Waals surface area contributed by atoms with Gasteiger partial charge in [-0.2, -0.15) is 0 Å². The van der Waals surface area contributed by atoms with Crippen LogP contribution in [0.5, 0.6) is 0 Å². The summed E-state index contributed by atoms with van der Waals surface area (Å²) in [5.74, 6) is -0.0664. The van der Waals surface area contributed by atoms with Gasteiger partial charge in [0.15, 0.2) is 0 Å². The van der Waals surface area contributed by atoms with E-state index in [2.05, 4.69) is 31.3 Å². The summed E-state index contributed by atoms with van der Waals surface area (Å²) in [7, 11) is 0. The molecule has 4 nitrogen and oxygen atoms in total. The molecule has 62 heavy (non-hydrogen) atoms. The van der Waals surface area contributed by atoms with E-state index in [1.807, 2.05) is 6.08 Å². The van der Waals surface area contributed by atoms with Crippen LogP contribution in [0.2, 0.25) is 0 Å². The first kappa shape index (κ1) is 60.9. The molecule has 0 saturated heterocycles. The Hall–Kier alpha value is -1.13. The molecule has 0 saturated carbocycles. The van der Waals surface area contributed by atoms with Gasteiger partial charge < -0.3 is 15.5 Å². The zero-order chi connectivity index (χ0) is 44.9. The molecule has 0 aromatic carbocycles. The minimum Gasteiger partial charge on any atom is -0.394 e. The van der Waals surface area contributed by atoms with Crippen LogP contribution in [-0.2, 0) is 4.79 Å². The van der Waals surface area contributed by atoms with Gasteiger partial charge in [0.1, 0.15) is 0 Å². The van der Waals surface area contributed by atoms with Gasteiger partial charge in [-0.25, -0.2) is 0 Å². The molecule has 0 aliphatic carbocycles. The van der Waals surface area contributed by atoms with E-state index in [-0.39, 0.29) is 12.5 Å². The van der Waals surface area contributed by atoms with Crippen LogP contribution in [0.3, 0.4) is 0 Å². The van der Waals surface area contributed by atoms with Crippen LogP contribution in [0, 0.1) is 0 Å². The number of hydrogen-bond acceptors (Lipinski definition) is 3. The predicted octanol–water partition coefficient (Wildman–Crippen LogP) is 18.7. The summed E-state index contributed by atoms with van der Waals surface area (Å²) in [6.45, 7) is 4.34. The van der Waals surface area contributed by atoms with Gasteiger partial charge >= 0.3 is 0 Å². The summed E-state index contributed by atoms with van der Waals surface area (Å²) in [5.41, 5.74) is 0. The van der Waals surface area contributed by atoms with Gasteiger partial charge in [-0.15, -0.1) is 0 Å². The molecule has 0 heterocycles. The Bertz CT molecular complexity index is 901. The number of amides is 1. The number of rotatable bonds is 53. The van der Waals surface area contributed by atoms with Crippen molar-refractivity contribution >= 4 is 5.91 Å².